The first kappa shape index (κ1) is 17.2. The van der Waals surface area contributed by atoms with Gasteiger partial charge in [0.1, 0.15) is 0 Å². The van der Waals surface area contributed by atoms with E-state index in [9.17, 15) is 8.42 Å². The molecule has 3 rings (SSSR count). The predicted molar refractivity (Wildman–Crippen MR) is 98.6 cm³/mol. The topological polar surface area (TPSA) is 37.4 Å². The first-order chi connectivity index (χ1) is 11.6. The zero-order valence-corrected chi connectivity index (χ0v) is 15.2. The smallest absolute Gasteiger partial charge is 0.207 e. The Morgan fingerprint density at radius 1 is 0.875 bits per heavy atom. The van der Waals surface area contributed by atoms with Crippen molar-refractivity contribution in [3.05, 3.63) is 87.6 Å². The van der Waals surface area contributed by atoms with E-state index in [1.165, 1.54) is 4.31 Å². The molecule has 0 aliphatic carbocycles. The molecule has 3 nitrogen and oxygen atoms in total. The maximum absolute atomic E-state index is 13.1. The van der Waals surface area contributed by atoms with E-state index in [2.05, 4.69) is 0 Å². The van der Waals surface area contributed by atoms with Gasteiger partial charge in [0.05, 0.1) is 4.90 Å². The van der Waals surface area contributed by atoms with Crippen LogP contribution in [0.4, 0.5) is 0 Å². The average Bonchev–Trinajstić information content (AvgIpc) is 3.09. The highest BCUT2D eigenvalue weighted by Crippen LogP contribution is 2.24. The summed E-state index contributed by atoms with van der Waals surface area (Å²) in [6.45, 7) is 0.668. The van der Waals surface area contributed by atoms with Gasteiger partial charge < -0.3 is 0 Å². The quantitative estimate of drug-likeness (QED) is 0.619. The first-order valence-electron chi connectivity index (χ1n) is 7.38. The molecular weight excluding hydrogens is 362 g/mol. The largest absolute Gasteiger partial charge is 0.243 e. The van der Waals surface area contributed by atoms with Gasteiger partial charge in [-0.15, -0.1) is 11.3 Å². The van der Waals surface area contributed by atoms with Crippen LogP contribution in [0.2, 0.25) is 5.02 Å². The summed E-state index contributed by atoms with van der Waals surface area (Å²) >= 11 is 7.43. The minimum atomic E-state index is -3.61. The highest BCUT2D eigenvalue weighted by Gasteiger charge is 2.25. The van der Waals surface area contributed by atoms with Gasteiger partial charge in [-0.2, -0.15) is 4.31 Å². The fourth-order valence-electron chi connectivity index (χ4n) is 2.34. The van der Waals surface area contributed by atoms with Gasteiger partial charge in [-0.05, 0) is 41.3 Å². The summed E-state index contributed by atoms with van der Waals surface area (Å²) < 4.78 is 27.6. The van der Waals surface area contributed by atoms with Crippen LogP contribution in [-0.4, -0.2) is 12.7 Å². The highest BCUT2D eigenvalue weighted by atomic mass is 35.5. The molecule has 1 heterocycles. The number of nitrogens with zero attached hydrogens (tertiary/aromatic N) is 1. The van der Waals surface area contributed by atoms with Gasteiger partial charge in [0.2, 0.25) is 10.0 Å². The van der Waals surface area contributed by atoms with Crippen molar-refractivity contribution in [3.63, 3.8) is 0 Å². The van der Waals surface area contributed by atoms with Crippen LogP contribution in [0.25, 0.3) is 0 Å². The molecule has 0 saturated heterocycles. The molecule has 24 heavy (non-hydrogen) atoms. The third-order valence-electron chi connectivity index (χ3n) is 3.57. The van der Waals surface area contributed by atoms with E-state index in [1.54, 1.807) is 35.6 Å². The fourth-order valence-corrected chi connectivity index (χ4v) is 4.68. The van der Waals surface area contributed by atoms with Crippen LogP contribution in [0, 0.1) is 0 Å². The minimum absolute atomic E-state index is 0.249. The van der Waals surface area contributed by atoms with Crippen LogP contribution >= 0.6 is 22.9 Å². The summed E-state index contributed by atoms with van der Waals surface area (Å²) in [7, 11) is -3.61. The Bertz CT molecular complexity index is 877. The number of sulfonamides is 1. The molecule has 124 valence electrons. The Balaban J connectivity index is 1.94. The van der Waals surface area contributed by atoms with E-state index in [-0.39, 0.29) is 4.90 Å². The summed E-state index contributed by atoms with van der Waals surface area (Å²) in [5.41, 5.74) is 0.951. The zero-order chi connectivity index (χ0) is 17.0. The third-order valence-corrected chi connectivity index (χ3v) is 6.48. The SMILES string of the molecule is O=S(=O)(c1ccc(Cl)cc1)N(Cc1ccccc1)Cc1cccs1. The first-order valence-corrected chi connectivity index (χ1v) is 10.1. The number of hydrogen-bond acceptors (Lipinski definition) is 3. The van der Waals surface area contributed by atoms with E-state index in [0.29, 0.717) is 18.1 Å². The maximum atomic E-state index is 13.1. The second kappa shape index (κ2) is 7.49. The molecule has 0 atom stereocenters. The number of rotatable bonds is 6. The Morgan fingerprint density at radius 3 is 2.21 bits per heavy atom. The Hall–Kier alpha value is -1.66. The maximum Gasteiger partial charge on any atom is 0.243 e. The van der Waals surface area contributed by atoms with Gasteiger partial charge in [0.25, 0.3) is 0 Å². The lowest BCUT2D eigenvalue weighted by atomic mass is 10.2. The van der Waals surface area contributed by atoms with Gasteiger partial charge >= 0.3 is 0 Å². The van der Waals surface area contributed by atoms with Crippen molar-refractivity contribution in [2.45, 2.75) is 18.0 Å². The van der Waals surface area contributed by atoms with Crippen molar-refractivity contribution in [1.29, 1.82) is 0 Å². The number of hydrogen-bond donors (Lipinski definition) is 0. The van der Waals surface area contributed by atoms with E-state index in [0.717, 1.165) is 10.4 Å². The second-order valence-corrected chi connectivity index (χ2v) is 8.70. The molecule has 1 aromatic heterocycles. The zero-order valence-electron chi connectivity index (χ0n) is 12.8. The molecule has 0 unspecified atom stereocenters. The van der Waals surface area contributed by atoms with Crippen LogP contribution in [-0.2, 0) is 23.1 Å². The fraction of sp³-hybridized carbons (Fsp3) is 0.111. The molecule has 0 N–H and O–H groups in total. The van der Waals surface area contributed by atoms with Crippen molar-refractivity contribution in [3.8, 4) is 0 Å². The summed E-state index contributed by atoms with van der Waals surface area (Å²) in [5.74, 6) is 0. The molecule has 0 bridgehead atoms. The number of thiophene rings is 1. The van der Waals surface area contributed by atoms with Gasteiger partial charge in [0, 0.05) is 23.0 Å². The molecule has 0 saturated carbocycles. The van der Waals surface area contributed by atoms with E-state index in [1.807, 2.05) is 47.8 Å². The summed E-state index contributed by atoms with van der Waals surface area (Å²) in [4.78, 5) is 1.25. The van der Waals surface area contributed by atoms with Crippen LogP contribution in [0.15, 0.2) is 77.0 Å². The molecule has 3 aromatic rings. The summed E-state index contributed by atoms with van der Waals surface area (Å²) in [6.07, 6.45) is 0. The molecule has 0 aliphatic rings. The van der Waals surface area contributed by atoms with Crippen molar-refractivity contribution in [2.24, 2.45) is 0 Å². The monoisotopic (exact) mass is 377 g/mol. The molecule has 0 amide bonds. The van der Waals surface area contributed by atoms with Gasteiger partial charge in [-0.25, -0.2) is 8.42 Å². The van der Waals surface area contributed by atoms with Crippen LogP contribution in [0.3, 0.4) is 0 Å². The van der Waals surface area contributed by atoms with Gasteiger partial charge in [-0.3, -0.25) is 0 Å². The second-order valence-electron chi connectivity index (χ2n) is 5.29. The van der Waals surface area contributed by atoms with Crippen molar-refractivity contribution >= 4 is 33.0 Å². The molecule has 0 aliphatic heterocycles. The minimum Gasteiger partial charge on any atom is -0.207 e. The molecule has 0 fully saturated rings. The lowest BCUT2D eigenvalue weighted by Gasteiger charge is -2.22. The molecule has 0 spiro atoms. The normalized spacial score (nSPS) is 11.8. The molecule has 6 heteroatoms. The van der Waals surface area contributed by atoms with Crippen molar-refractivity contribution in [1.82, 2.24) is 4.31 Å². The average molecular weight is 378 g/mol. The highest BCUT2D eigenvalue weighted by molar-refractivity contribution is 7.89. The standard InChI is InChI=1S/C18H16ClNO2S2/c19-16-8-10-18(11-9-16)24(21,22)20(14-17-7-4-12-23-17)13-15-5-2-1-3-6-15/h1-12H,13-14H2. The predicted octanol–water partition coefficient (Wildman–Crippen LogP) is 4.79. The Morgan fingerprint density at radius 2 is 1.58 bits per heavy atom. The Labute approximate surface area is 151 Å². The molecule has 0 radical (unpaired) electrons. The Kier molecular flexibility index (Phi) is 5.36. The van der Waals surface area contributed by atoms with E-state index in [4.69, 9.17) is 11.6 Å². The van der Waals surface area contributed by atoms with E-state index < -0.39 is 10.0 Å². The lowest BCUT2D eigenvalue weighted by molar-refractivity contribution is 0.404. The molecular formula is C18H16ClNO2S2. The summed E-state index contributed by atoms with van der Waals surface area (Å²) in [5, 5.41) is 2.46. The van der Waals surface area contributed by atoms with Crippen LogP contribution in [0.1, 0.15) is 10.4 Å². The summed E-state index contributed by atoms with van der Waals surface area (Å²) in [6, 6.07) is 19.8. The van der Waals surface area contributed by atoms with Gasteiger partial charge in [0.15, 0.2) is 0 Å². The van der Waals surface area contributed by atoms with Crippen molar-refractivity contribution < 1.29 is 8.42 Å². The van der Waals surface area contributed by atoms with Crippen molar-refractivity contribution in [2.75, 3.05) is 0 Å². The lowest BCUT2D eigenvalue weighted by Crippen LogP contribution is -2.30. The number of halogens is 1. The van der Waals surface area contributed by atoms with Crippen LogP contribution < -0.4 is 0 Å². The van der Waals surface area contributed by atoms with E-state index >= 15 is 0 Å². The van der Waals surface area contributed by atoms with Gasteiger partial charge in [-0.1, -0.05) is 48.0 Å². The number of benzene rings is 2. The third kappa shape index (κ3) is 4.05. The van der Waals surface area contributed by atoms with Crippen LogP contribution in [0.5, 0.6) is 0 Å². The molecule has 2 aromatic carbocycles.